The standard InChI is InChI=1S/C20H23F2NO5S2/c1-2-3-4-11-16-29(24,25)28-23-19(17-12-7-5-8-13-17)20(21,22)30(26,27)18-14-9-6-10-15-18/h5-10,12-15H,2-4,11,16H2,1H3. The summed E-state index contributed by atoms with van der Waals surface area (Å²) in [7, 11) is -9.47. The summed E-state index contributed by atoms with van der Waals surface area (Å²) in [5.74, 6) is -0.407. The van der Waals surface area contributed by atoms with E-state index >= 15 is 8.78 Å². The maximum Gasteiger partial charge on any atom is 0.395 e. The number of benzene rings is 2. The number of rotatable bonds is 11. The third-order valence-corrected chi connectivity index (χ3v) is 7.06. The summed E-state index contributed by atoms with van der Waals surface area (Å²) in [6.07, 6.45) is 2.63. The van der Waals surface area contributed by atoms with Crippen molar-refractivity contribution in [1.82, 2.24) is 0 Å². The van der Waals surface area contributed by atoms with Crippen LogP contribution in [0.4, 0.5) is 8.78 Å². The molecule has 0 fully saturated rings. The fourth-order valence-electron chi connectivity index (χ4n) is 2.58. The van der Waals surface area contributed by atoms with Gasteiger partial charge >= 0.3 is 15.4 Å². The Morgan fingerprint density at radius 1 is 0.900 bits per heavy atom. The van der Waals surface area contributed by atoms with Crippen molar-refractivity contribution in [1.29, 1.82) is 0 Å². The maximum absolute atomic E-state index is 15.2. The van der Waals surface area contributed by atoms with Gasteiger partial charge in [-0.3, -0.25) is 4.28 Å². The minimum absolute atomic E-state index is 0.275. The second-order valence-electron chi connectivity index (χ2n) is 6.54. The molecule has 6 nitrogen and oxygen atoms in total. The van der Waals surface area contributed by atoms with E-state index < -0.39 is 41.6 Å². The van der Waals surface area contributed by atoms with Crippen molar-refractivity contribution in [2.45, 2.75) is 42.8 Å². The molecule has 2 aromatic carbocycles. The van der Waals surface area contributed by atoms with Crippen molar-refractivity contribution in [3.05, 3.63) is 66.2 Å². The Kier molecular flexibility index (Phi) is 8.08. The first kappa shape index (κ1) is 23.9. The van der Waals surface area contributed by atoms with Crippen LogP contribution in [0.1, 0.15) is 38.2 Å². The highest BCUT2D eigenvalue weighted by Crippen LogP contribution is 2.33. The first-order valence-corrected chi connectivity index (χ1v) is 12.4. The van der Waals surface area contributed by atoms with Gasteiger partial charge in [-0.15, -0.1) is 0 Å². The minimum Gasteiger partial charge on any atom is -0.268 e. The molecule has 0 atom stereocenters. The second kappa shape index (κ2) is 10.1. The van der Waals surface area contributed by atoms with Gasteiger partial charge in [0, 0.05) is 5.56 Å². The van der Waals surface area contributed by atoms with Crippen LogP contribution in [0.2, 0.25) is 0 Å². The summed E-state index contributed by atoms with van der Waals surface area (Å²) in [4.78, 5) is -0.624. The van der Waals surface area contributed by atoms with Crippen LogP contribution in [0.15, 0.2) is 70.7 Å². The number of hydrogen-bond donors (Lipinski definition) is 0. The quantitative estimate of drug-likeness (QED) is 0.283. The van der Waals surface area contributed by atoms with Crippen molar-refractivity contribution in [3.63, 3.8) is 0 Å². The lowest BCUT2D eigenvalue weighted by atomic mass is 10.1. The molecule has 0 N–H and O–H groups in total. The molecular weight excluding hydrogens is 436 g/mol. The average molecular weight is 460 g/mol. The van der Waals surface area contributed by atoms with Crippen LogP contribution in [-0.4, -0.2) is 33.6 Å². The number of nitrogens with zero attached hydrogens (tertiary/aromatic N) is 1. The monoisotopic (exact) mass is 459 g/mol. The van der Waals surface area contributed by atoms with Crippen molar-refractivity contribution < 1.29 is 29.9 Å². The van der Waals surface area contributed by atoms with Gasteiger partial charge in [0.1, 0.15) is 0 Å². The molecule has 0 aliphatic rings. The highest BCUT2D eigenvalue weighted by molar-refractivity contribution is 7.93. The van der Waals surface area contributed by atoms with E-state index in [0.29, 0.717) is 6.42 Å². The van der Waals surface area contributed by atoms with Gasteiger partial charge in [-0.1, -0.05) is 79.9 Å². The molecule has 10 heteroatoms. The largest absolute Gasteiger partial charge is 0.395 e. The molecule has 2 rings (SSSR count). The highest BCUT2D eigenvalue weighted by atomic mass is 32.2. The summed E-state index contributed by atoms with van der Waals surface area (Å²) in [6.45, 7) is 1.96. The van der Waals surface area contributed by atoms with Gasteiger partial charge in [0.15, 0.2) is 5.71 Å². The van der Waals surface area contributed by atoms with Gasteiger partial charge in [-0.2, -0.15) is 17.2 Å². The number of alkyl halides is 2. The third-order valence-electron chi connectivity index (χ3n) is 4.20. The molecule has 0 unspecified atom stereocenters. The Morgan fingerprint density at radius 2 is 1.47 bits per heavy atom. The molecule has 0 heterocycles. The third kappa shape index (κ3) is 5.85. The van der Waals surface area contributed by atoms with E-state index in [1.54, 1.807) is 0 Å². The van der Waals surface area contributed by atoms with Crippen LogP contribution in [-0.2, 0) is 24.2 Å². The zero-order valence-electron chi connectivity index (χ0n) is 16.4. The van der Waals surface area contributed by atoms with E-state index in [-0.39, 0.29) is 12.0 Å². The van der Waals surface area contributed by atoms with Gasteiger partial charge < -0.3 is 0 Å². The Bertz CT molecular complexity index is 1050. The van der Waals surface area contributed by atoms with Gasteiger partial charge in [0.2, 0.25) is 9.84 Å². The Morgan fingerprint density at radius 3 is 2.03 bits per heavy atom. The molecule has 30 heavy (non-hydrogen) atoms. The molecule has 0 aliphatic heterocycles. The van der Waals surface area contributed by atoms with E-state index in [1.165, 1.54) is 48.5 Å². The fourth-order valence-corrected chi connectivity index (χ4v) is 4.62. The molecule has 0 spiro atoms. The van der Waals surface area contributed by atoms with Gasteiger partial charge in [-0.25, -0.2) is 8.42 Å². The molecule has 2 aromatic rings. The van der Waals surface area contributed by atoms with Crippen molar-refractivity contribution >= 4 is 25.7 Å². The molecule has 0 saturated heterocycles. The van der Waals surface area contributed by atoms with Crippen molar-refractivity contribution in [2.24, 2.45) is 5.16 Å². The molecule has 0 radical (unpaired) electrons. The van der Waals surface area contributed by atoms with Gasteiger partial charge in [0.05, 0.1) is 10.6 Å². The zero-order valence-corrected chi connectivity index (χ0v) is 18.0. The normalized spacial score (nSPS) is 13.2. The van der Waals surface area contributed by atoms with Crippen LogP contribution in [0.3, 0.4) is 0 Å². The van der Waals surface area contributed by atoms with E-state index in [2.05, 4.69) is 9.44 Å². The summed E-state index contributed by atoms with van der Waals surface area (Å²) in [6, 6.07) is 12.9. The Balaban J connectivity index is 2.42. The highest BCUT2D eigenvalue weighted by Gasteiger charge is 2.52. The summed E-state index contributed by atoms with van der Waals surface area (Å²) in [5, 5.41) is -1.41. The van der Waals surface area contributed by atoms with Gasteiger partial charge in [0.25, 0.3) is 0 Å². The number of sulfone groups is 1. The second-order valence-corrected chi connectivity index (χ2v) is 10.2. The smallest absolute Gasteiger partial charge is 0.268 e. The lowest BCUT2D eigenvalue weighted by molar-refractivity contribution is 0.164. The first-order valence-electron chi connectivity index (χ1n) is 9.34. The van der Waals surface area contributed by atoms with E-state index in [4.69, 9.17) is 0 Å². The molecular formula is C20H23F2NO5S2. The van der Waals surface area contributed by atoms with Crippen LogP contribution >= 0.6 is 0 Å². The predicted octanol–water partition coefficient (Wildman–Crippen LogP) is 4.38. The molecule has 0 aromatic heterocycles. The lowest BCUT2D eigenvalue weighted by Crippen LogP contribution is -2.39. The number of unbranched alkanes of at least 4 members (excludes halogenated alkanes) is 3. The molecule has 0 amide bonds. The predicted molar refractivity (Wildman–Crippen MR) is 111 cm³/mol. The summed E-state index contributed by atoms with van der Waals surface area (Å²) < 4.78 is 84.1. The Hall–Kier alpha value is -2.33. The molecule has 0 saturated carbocycles. The Labute approximate surface area is 175 Å². The number of hydrogen-bond acceptors (Lipinski definition) is 6. The summed E-state index contributed by atoms with van der Waals surface area (Å²) in [5.41, 5.74) is -1.58. The van der Waals surface area contributed by atoms with E-state index in [9.17, 15) is 16.8 Å². The van der Waals surface area contributed by atoms with Gasteiger partial charge in [-0.05, 0) is 18.6 Å². The average Bonchev–Trinajstić information content (AvgIpc) is 2.72. The topological polar surface area (TPSA) is 89.9 Å². The van der Waals surface area contributed by atoms with Crippen LogP contribution in [0, 0.1) is 0 Å². The SMILES string of the molecule is CCCCCCS(=O)(=O)ON=C(c1ccccc1)C(F)(F)S(=O)(=O)c1ccccc1. The number of oxime groups is 1. The van der Waals surface area contributed by atoms with Crippen molar-refractivity contribution in [3.8, 4) is 0 Å². The van der Waals surface area contributed by atoms with E-state index in [0.717, 1.165) is 25.0 Å². The molecule has 0 aliphatic carbocycles. The van der Waals surface area contributed by atoms with Crippen molar-refractivity contribution in [2.75, 3.05) is 5.75 Å². The summed E-state index contributed by atoms with van der Waals surface area (Å²) >= 11 is 0. The first-order chi connectivity index (χ1) is 14.1. The van der Waals surface area contributed by atoms with Crippen LogP contribution in [0.25, 0.3) is 0 Å². The van der Waals surface area contributed by atoms with Crippen LogP contribution < -0.4 is 0 Å². The molecule has 164 valence electrons. The maximum atomic E-state index is 15.2. The lowest BCUT2D eigenvalue weighted by Gasteiger charge is -2.19. The number of halogens is 2. The minimum atomic E-state index is -5.22. The van der Waals surface area contributed by atoms with Crippen LogP contribution in [0.5, 0.6) is 0 Å². The van der Waals surface area contributed by atoms with E-state index in [1.807, 2.05) is 6.92 Å². The zero-order chi connectivity index (χ0) is 22.3. The molecule has 0 bridgehead atoms. The fraction of sp³-hybridized carbons (Fsp3) is 0.350.